The predicted molar refractivity (Wildman–Crippen MR) is 112 cm³/mol. The zero-order valence-electron chi connectivity index (χ0n) is 16.6. The maximum Gasteiger partial charge on any atom is 0.273 e. The van der Waals surface area contributed by atoms with Crippen LogP contribution in [0.1, 0.15) is 39.0 Å². The van der Waals surface area contributed by atoms with Gasteiger partial charge in [-0.2, -0.15) is 5.10 Å². The molecule has 31 heavy (non-hydrogen) atoms. The topological polar surface area (TPSA) is 105 Å². The largest absolute Gasteiger partial charge is 0.467 e. The van der Waals surface area contributed by atoms with E-state index in [2.05, 4.69) is 10.2 Å². The van der Waals surface area contributed by atoms with E-state index in [0.29, 0.717) is 28.3 Å². The van der Waals surface area contributed by atoms with Gasteiger partial charge in [0.25, 0.3) is 11.6 Å². The van der Waals surface area contributed by atoms with Gasteiger partial charge in [-0.25, -0.2) is 0 Å². The second kappa shape index (κ2) is 7.24. The Labute approximate surface area is 177 Å². The van der Waals surface area contributed by atoms with Crippen LogP contribution in [-0.4, -0.2) is 25.9 Å². The molecule has 0 saturated carbocycles. The highest BCUT2D eigenvalue weighted by Crippen LogP contribution is 2.44. The SMILES string of the molecule is Cc1ccc(-c2n[nH]c3c2C(c2cccc([N+](=O)[O-])c2)N(Cc2ccco2)C3=O)cc1. The molecule has 4 aromatic rings. The second-order valence-electron chi connectivity index (χ2n) is 7.49. The quantitative estimate of drug-likeness (QED) is 0.379. The lowest BCUT2D eigenvalue weighted by atomic mass is 9.95. The summed E-state index contributed by atoms with van der Waals surface area (Å²) in [5.41, 5.74) is 4.34. The Balaban J connectivity index is 1.67. The summed E-state index contributed by atoms with van der Waals surface area (Å²) >= 11 is 0. The van der Waals surface area contributed by atoms with Crippen LogP contribution in [0.15, 0.2) is 71.3 Å². The maximum absolute atomic E-state index is 13.3. The van der Waals surface area contributed by atoms with Crippen molar-refractivity contribution < 1.29 is 14.1 Å². The molecule has 5 rings (SSSR count). The number of nitro benzene ring substituents is 1. The van der Waals surface area contributed by atoms with Gasteiger partial charge in [0, 0.05) is 23.3 Å². The molecule has 2 aromatic carbocycles. The predicted octanol–water partition coefficient (Wildman–Crippen LogP) is 4.63. The van der Waals surface area contributed by atoms with Gasteiger partial charge >= 0.3 is 0 Å². The van der Waals surface area contributed by atoms with Crippen molar-refractivity contribution in [2.45, 2.75) is 19.5 Å². The Hall–Kier alpha value is -4.20. The van der Waals surface area contributed by atoms with Crippen molar-refractivity contribution in [3.05, 3.63) is 105 Å². The number of hydrogen-bond acceptors (Lipinski definition) is 5. The van der Waals surface area contributed by atoms with Crippen LogP contribution in [0, 0.1) is 17.0 Å². The molecule has 1 amide bonds. The monoisotopic (exact) mass is 414 g/mol. The van der Waals surface area contributed by atoms with Crippen molar-refractivity contribution in [1.29, 1.82) is 0 Å². The molecular formula is C23H18N4O4. The highest BCUT2D eigenvalue weighted by molar-refractivity contribution is 6.00. The van der Waals surface area contributed by atoms with Gasteiger partial charge in [-0.15, -0.1) is 0 Å². The molecule has 3 heterocycles. The number of furan rings is 1. The molecule has 1 aliphatic rings. The summed E-state index contributed by atoms with van der Waals surface area (Å²) in [6.07, 6.45) is 1.55. The van der Waals surface area contributed by atoms with E-state index in [1.165, 1.54) is 12.1 Å². The van der Waals surface area contributed by atoms with E-state index in [1.807, 2.05) is 31.2 Å². The molecule has 0 spiro atoms. The fraction of sp³-hybridized carbons (Fsp3) is 0.130. The van der Waals surface area contributed by atoms with Gasteiger partial charge in [-0.05, 0) is 24.6 Å². The molecule has 8 nitrogen and oxygen atoms in total. The number of nitro groups is 1. The fourth-order valence-corrected chi connectivity index (χ4v) is 4.02. The smallest absolute Gasteiger partial charge is 0.273 e. The van der Waals surface area contributed by atoms with Crippen LogP contribution < -0.4 is 0 Å². The number of rotatable bonds is 5. The zero-order valence-corrected chi connectivity index (χ0v) is 16.6. The standard InChI is InChI=1S/C23H18N4O4/c1-14-7-9-15(10-8-14)20-19-21(25-24-20)23(28)26(13-18-6-3-11-31-18)22(19)16-4-2-5-17(12-16)27(29)30/h2-12,22H,13H2,1H3,(H,24,25). The molecular weight excluding hydrogens is 396 g/mol. The average Bonchev–Trinajstić information content (AvgIpc) is 3.49. The number of amides is 1. The van der Waals surface area contributed by atoms with Gasteiger partial charge in [0.2, 0.25) is 0 Å². The number of aromatic amines is 1. The van der Waals surface area contributed by atoms with Crippen LogP contribution >= 0.6 is 0 Å². The molecule has 0 radical (unpaired) electrons. The first-order chi connectivity index (χ1) is 15.0. The lowest BCUT2D eigenvalue weighted by Gasteiger charge is -2.25. The maximum atomic E-state index is 13.3. The van der Waals surface area contributed by atoms with Crippen LogP contribution in [-0.2, 0) is 6.54 Å². The fourth-order valence-electron chi connectivity index (χ4n) is 4.02. The number of aryl methyl sites for hydroxylation is 1. The molecule has 1 aliphatic heterocycles. The van der Waals surface area contributed by atoms with E-state index in [9.17, 15) is 14.9 Å². The number of aromatic nitrogens is 2. The van der Waals surface area contributed by atoms with Crippen LogP contribution in [0.4, 0.5) is 5.69 Å². The third kappa shape index (κ3) is 3.18. The van der Waals surface area contributed by atoms with Crippen molar-refractivity contribution in [3.8, 4) is 11.3 Å². The number of fused-ring (bicyclic) bond motifs is 1. The number of benzene rings is 2. The summed E-state index contributed by atoms with van der Waals surface area (Å²) in [5, 5.41) is 18.7. The first-order valence-electron chi connectivity index (χ1n) is 9.76. The molecule has 1 unspecified atom stereocenters. The Morgan fingerprint density at radius 2 is 1.97 bits per heavy atom. The van der Waals surface area contributed by atoms with Crippen molar-refractivity contribution in [3.63, 3.8) is 0 Å². The summed E-state index contributed by atoms with van der Waals surface area (Å²) in [7, 11) is 0. The van der Waals surface area contributed by atoms with Crippen LogP contribution in [0.2, 0.25) is 0 Å². The Kier molecular flexibility index (Phi) is 4.39. The van der Waals surface area contributed by atoms with Crippen LogP contribution in [0.25, 0.3) is 11.3 Å². The number of nitrogens with zero attached hydrogens (tertiary/aromatic N) is 3. The molecule has 1 atom stereocenters. The number of carbonyl (C=O) groups excluding carboxylic acids is 1. The van der Waals surface area contributed by atoms with Gasteiger partial charge in [0.15, 0.2) is 0 Å². The Morgan fingerprint density at radius 1 is 1.16 bits per heavy atom. The summed E-state index contributed by atoms with van der Waals surface area (Å²) < 4.78 is 5.47. The molecule has 8 heteroatoms. The van der Waals surface area contributed by atoms with Gasteiger partial charge in [0.05, 0.1) is 29.5 Å². The summed E-state index contributed by atoms with van der Waals surface area (Å²) in [6, 6.07) is 17.3. The number of hydrogen-bond donors (Lipinski definition) is 1. The zero-order chi connectivity index (χ0) is 21.5. The van der Waals surface area contributed by atoms with Crippen molar-refractivity contribution in [1.82, 2.24) is 15.1 Å². The van der Waals surface area contributed by atoms with E-state index in [0.717, 1.165) is 11.1 Å². The number of carbonyl (C=O) groups is 1. The van der Waals surface area contributed by atoms with Gasteiger partial charge in [0.1, 0.15) is 11.5 Å². The first kappa shape index (κ1) is 18.8. The average molecular weight is 414 g/mol. The number of non-ortho nitro benzene ring substituents is 1. The molecule has 0 saturated heterocycles. The molecule has 2 aromatic heterocycles. The normalized spacial score (nSPS) is 15.3. The van der Waals surface area contributed by atoms with E-state index in [1.54, 1.807) is 35.4 Å². The van der Waals surface area contributed by atoms with Crippen LogP contribution in [0.3, 0.4) is 0 Å². The Morgan fingerprint density at radius 3 is 2.68 bits per heavy atom. The molecule has 1 N–H and O–H groups in total. The molecule has 154 valence electrons. The molecule has 0 bridgehead atoms. The molecule has 0 fully saturated rings. The van der Waals surface area contributed by atoms with E-state index >= 15 is 0 Å². The summed E-state index contributed by atoms with van der Waals surface area (Å²) in [5.74, 6) is 0.396. The highest BCUT2D eigenvalue weighted by Gasteiger charge is 2.42. The third-order valence-corrected chi connectivity index (χ3v) is 5.49. The summed E-state index contributed by atoms with van der Waals surface area (Å²) in [6.45, 7) is 2.23. The van der Waals surface area contributed by atoms with Crippen LogP contribution in [0.5, 0.6) is 0 Å². The lowest BCUT2D eigenvalue weighted by Crippen LogP contribution is -2.29. The Bertz CT molecular complexity index is 1280. The van der Waals surface area contributed by atoms with Crippen molar-refractivity contribution in [2.24, 2.45) is 0 Å². The van der Waals surface area contributed by atoms with E-state index in [-0.39, 0.29) is 18.1 Å². The van der Waals surface area contributed by atoms with Crippen molar-refractivity contribution >= 4 is 11.6 Å². The van der Waals surface area contributed by atoms with E-state index < -0.39 is 11.0 Å². The number of nitrogens with one attached hydrogen (secondary N) is 1. The minimum atomic E-state index is -0.539. The minimum absolute atomic E-state index is 0.0308. The third-order valence-electron chi connectivity index (χ3n) is 5.49. The minimum Gasteiger partial charge on any atom is -0.467 e. The van der Waals surface area contributed by atoms with Gasteiger partial charge in [-0.3, -0.25) is 20.0 Å². The van der Waals surface area contributed by atoms with Gasteiger partial charge in [-0.1, -0.05) is 42.0 Å². The lowest BCUT2D eigenvalue weighted by molar-refractivity contribution is -0.384. The van der Waals surface area contributed by atoms with E-state index in [4.69, 9.17) is 4.42 Å². The summed E-state index contributed by atoms with van der Waals surface area (Å²) in [4.78, 5) is 25.9. The number of H-pyrrole nitrogens is 1. The highest BCUT2D eigenvalue weighted by atomic mass is 16.6. The van der Waals surface area contributed by atoms with Gasteiger partial charge < -0.3 is 9.32 Å². The first-order valence-corrected chi connectivity index (χ1v) is 9.76. The second-order valence-corrected chi connectivity index (χ2v) is 7.49. The van der Waals surface area contributed by atoms with Crippen molar-refractivity contribution in [2.75, 3.05) is 0 Å². The molecule has 0 aliphatic carbocycles.